The first-order valence-corrected chi connectivity index (χ1v) is 4.19. The van der Waals surface area contributed by atoms with Crippen LogP contribution >= 0.6 is 27.5 Å². The maximum atomic E-state index is 8.94. The molecule has 1 rings (SSSR count). The van der Waals surface area contributed by atoms with Gasteiger partial charge in [-0.25, -0.2) is 5.84 Å². The Labute approximate surface area is 84.0 Å². The highest BCUT2D eigenvalue weighted by Crippen LogP contribution is 2.20. The molecule has 3 N–H and O–H groups in total. The number of nitrogens with two attached hydrogens (primary N) is 1. The molecule has 0 aliphatic rings. The lowest BCUT2D eigenvalue weighted by molar-refractivity contribution is -0.109. The molecule has 0 heterocycles. The van der Waals surface area contributed by atoms with Gasteiger partial charge in [0.15, 0.2) is 0 Å². The highest BCUT2D eigenvalue weighted by Gasteiger charge is 1.88. The largest absolute Gasteiger partial charge is 0.297 e. The highest BCUT2D eigenvalue weighted by molar-refractivity contribution is 9.10. The van der Waals surface area contributed by atoms with Crippen molar-refractivity contribution >= 4 is 33.9 Å². The fraction of sp³-hybridized carbons (Fsp3) is 0. The van der Waals surface area contributed by atoms with Gasteiger partial charge < -0.3 is 0 Å². The third-order valence-electron chi connectivity index (χ3n) is 0.892. The van der Waals surface area contributed by atoms with E-state index >= 15 is 0 Å². The van der Waals surface area contributed by atoms with E-state index in [0.717, 1.165) is 9.50 Å². The van der Waals surface area contributed by atoms with Crippen molar-refractivity contribution in [1.29, 1.82) is 0 Å². The number of amides is 1. The molecule has 0 atom stereocenters. The van der Waals surface area contributed by atoms with Crippen LogP contribution in [0, 0.1) is 0 Å². The number of hydrogen-bond donors (Lipinski definition) is 2. The van der Waals surface area contributed by atoms with Crippen molar-refractivity contribution < 1.29 is 4.79 Å². The first-order valence-electron chi connectivity index (χ1n) is 3.02. The zero-order chi connectivity index (χ0) is 9.40. The maximum absolute atomic E-state index is 8.94. The van der Waals surface area contributed by atoms with Crippen molar-refractivity contribution in [1.82, 2.24) is 5.43 Å². The van der Waals surface area contributed by atoms with Crippen molar-refractivity contribution in [3.05, 3.63) is 33.8 Å². The summed E-state index contributed by atoms with van der Waals surface area (Å²) < 4.78 is 0.946. The Morgan fingerprint density at radius 1 is 1.50 bits per heavy atom. The van der Waals surface area contributed by atoms with E-state index in [0.29, 0.717) is 6.41 Å². The van der Waals surface area contributed by atoms with Crippen LogP contribution in [0.3, 0.4) is 0 Å². The summed E-state index contributed by atoms with van der Waals surface area (Å²) >= 11 is 8.93. The van der Waals surface area contributed by atoms with E-state index < -0.39 is 0 Å². The van der Waals surface area contributed by atoms with Crippen LogP contribution in [0.1, 0.15) is 0 Å². The van der Waals surface area contributed by atoms with Gasteiger partial charge in [0.1, 0.15) is 0 Å². The molecular weight excluding hydrogens is 243 g/mol. The Morgan fingerprint density at radius 3 is 2.25 bits per heavy atom. The molecule has 0 aromatic heterocycles. The highest BCUT2D eigenvalue weighted by atomic mass is 79.9. The second kappa shape index (κ2) is 7.09. The molecule has 5 heteroatoms. The number of halogens is 2. The lowest BCUT2D eigenvalue weighted by atomic mass is 10.4. The Balaban J connectivity index is 0.000000261. The van der Waals surface area contributed by atoms with Gasteiger partial charge in [-0.1, -0.05) is 23.7 Å². The number of carbonyl (C=O) groups excluding carboxylic acids is 1. The molecule has 1 aromatic carbocycles. The molecule has 0 aliphatic heterocycles. The Morgan fingerprint density at radius 2 is 2.00 bits per heavy atom. The average molecular weight is 252 g/mol. The van der Waals surface area contributed by atoms with Crippen LogP contribution in [0.25, 0.3) is 0 Å². The number of nitrogens with one attached hydrogen (secondary N) is 1. The van der Waals surface area contributed by atoms with Gasteiger partial charge in [-0.3, -0.25) is 10.2 Å². The van der Waals surface area contributed by atoms with E-state index in [9.17, 15) is 0 Å². The number of hydrogen-bond acceptors (Lipinski definition) is 2. The summed E-state index contributed by atoms with van der Waals surface area (Å²) in [5, 5.41) is 0.757. The molecule has 0 aliphatic carbocycles. The van der Waals surface area contributed by atoms with E-state index in [1.165, 1.54) is 0 Å². The summed E-state index contributed by atoms with van der Waals surface area (Å²) in [5.74, 6) is 4.41. The van der Waals surface area contributed by atoms with Gasteiger partial charge in [0, 0.05) is 4.47 Å². The number of benzene rings is 1. The lowest BCUT2D eigenvalue weighted by Gasteiger charge is -1.88. The van der Waals surface area contributed by atoms with E-state index in [2.05, 4.69) is 21.8 Å². The van der Waals surface area contributed by atoms with Gasteiger partial charge in [-0.15, -0.1) is 0 Å². The standard InChI is InChI=1S/C6H4BrCl.CH4N2O/c7-5-3-1-2-4-6(5)8;2-3-1-4/h1-4H;1H,2H2,(H,3,4). The molecule has 0 unspecified atom stereocenters. The van der Waals surface area contributed by atoms with Crippen molar-refractivity contribution in [3.63, 3.8) is 0 Å². The number of hydrazine groups is 1. The van der Waals surface area contributed by atoms with Crippen molar-refractivity contribution in [2.45, 2.75) is 0 Å². The molecule has 3 nitrogen and oxygen atoms in total. The predicted octanol–water partition coefficient (Wildman–Crippen LogP) is 1.71. The van der Waals surface area contributed by atoms with E-state index in [4.69, 9.17) is 16.4 Å². The van der Waals surface area contributed by atoms with Crippen molar-refractivity contribution in [2.75, 3.05) is 0 Å². The van der Waals surface area contributed by atoms with Gasteiger partial charge in [-0.2, -0.15) is 0 Å². The first kappa shape index (κ1) is 11.4. The van der Waals surface area contributed by atoms with Gasteiger partial charge in [-0.05, 0) is 28.1 Å². The summed E-state index contributed by atoms with van der Waals surface area (Å²) in [5.41, 5.74) is 1.75. The van der Waals surface area contributed by atoms with Gasteiger partial charge in [0.25, 0.3) is 0 Å². The van der Waals surface area contributed by atoms with Crippen LogP contribution in [0.4, 0.5) is 0 Å². The topological polar surface area (TPSA) is 55.1 Å². The smallest absolute Gasteiger partial charge is 0.221 e. The molecular formula is C7H8BrClN2O. The van der Waals surface area contributed by atoms with Crippen molar-refractivity contribution in [3.8, 4) is 0 Å². The quantitative estimate of drug-likeness (QED) is 0.345. The van der Waals surface area contributed by atoms with E-state index in [1.54, 1.807) is 5.43 Å². The minimum Gasteiger partial charge on any atom is -0.297 e. The Bertz CT molecular complexity index is 224. The summed E-state index contributed by atoms with van der Waals surface area (Å²) in [6.07, 6.45) is 0.403. The predicted molar refractivity (Wildman–Crippen MR) is 52.5 cm³/mol. The molecule has 66 valence electrons. The number of carbonyl (C=O) groups is 1. The van der Waals surface area contributed by atoms with Crippen LogP contribution < -0.4 is 11.3 Å². The molecule has 0 saturated carbocycles. The van der Waals surface area contributed by atoms with Gasteiger partial charge in [0.2, 0.25) is 6.41 Å². The second-order valence-corrected chi connectivity index (χ2v) is 2.96. The molecule has 0 fully saturated rings. The first-order chi connectivity index (χ1) is 5.72. The summed E-state index contributed by atoms with van der Waals surface area (Å²) in [6.45, 7) is 0. The molecule has 1 aromatic rings. The summed E-state index contributed by atoms with van der Waals surface area (Å²) in [4.78, 5) is 8.94. The van der Waals surface area contributed by atoms with E-state index in [-0.39, 0.29) is 0 Å². The lowest BCUT2D eigenvalue weighted by Crippen LogP contribution is -2.18. The van der Waals surface area contributed by atoms with Crippen LogP contribution in [0.5, 0.6) is 0 Å². The zero-order valence-electron chi connectivity index (χ0n) is 6.13. The van der Waals surface area contributed by atoms with Crippen molar-refractivity contribution in [2.24, 2.45) is 5.84 Å². The molecule has 12 heavy (non-hydrogen) atoms. The third kappa shape index (κ3) is 5.12. The molecule has 0 saturated heterocycles. The van der Waals surface area contributed by atoms with Crippen LogP contribution in [0.2, 0.25) is 5.02 Å². The maximum Gasteiger partial charge on any atom is 0.221 e. The average Bonchev–Trinajstić information content (AvgIpc) is 2.11. The fourth-order valence-corrected chi connectivity index (χ4v) is 0.860. The number of rotatable bonds is 1. The third-order valence-corrected chi connectivity index (χ3v) is 2.14. The SMILES string of the molecule is Clc1ccccc1Br.NNC=O. The fourth-order valence-electron chi connectivity index (χ4n) is 0.439. The molecule has 1 amide bonds. The monoisotopic (exact) mass is 250 g/mol. The van der Waals surface area contributed by atoms with E-state index in [1.807, 2.05) is 24.3 Å². The van der Waals surface area contributed by atoms with Crippen LogP contribution in [-0.2, 0) is 4.79 Å². The molecule has 0 spiro atoms. The molecule has 0 radical (unpaired) electrons. The minimum absolute atomic E-state index is 0.403. The molecule has 0 bridgehead atoms. The summed E-state index contributed by atoms with van der Waals surface area (Å²) in [7, 11) is 0. The van der Waals surface area contributed by atoms with Crippen LogP contribution in [0.15, 0.2) is 28.7 Å². The Hall–Kier alpha value is -0.580. The zero-order valence-corrected chi connectivity index (χ0v) is 8.47. The summed E-state index contributed by atoms with van der Waals surface area (Å²) in [6, 6.07) is 7.57. The second-order valence-electron chi connectivity index (χ2n) is 1.70. The van der Waals surface area contributed by atoms with Crippen LogP contribution in [-0.4, -0.2) is 6.41 Å². The Kier molecular flexibility index (Phi) is 6.75. The minimum atomic E-state index is 0.403. The normalized spacial score (nSPS) is 7.92. The van der Waals surface area contributed by atoms with Gasteiger partial charge >= 0.3 is 0 Å². The van der Waals surface area contributed by atoms with Gasteiger partial charge in [0.05, 0.1) is 5.02 Å².